The maximum Gasteiger partial charge on any atom is 0.338 e. The Bertz CT molecular complexity index is 744. The van der Waals surface area contributed by atoms with Crippen molar-refractivity contribution < 1.29 is 23.8 Å². The van der Waals surface area contributed by atoms with Crippen LogP contribution in [0, 0.1) is 0 Å². The van der Waals surface area contributed by atoms with Gasteiger partial charge in [0.05, 0.1) is 19.3 Å². The van der Waals surface area contributed by atoms with E-state index in [0.717, 1.165) is 0 Å². The first kappa shape index (κ1) is 18.3. The SMILES string of the molecule is CCOC(=O)c1cccc(NC(=O)[C@H](C)Oc2ccccc2OC)c1. The number of carbonyl (C=O) groups excluding carboxylic acids is 2. The monoisotopic (exact) mass is 343 g/mol. The predicted molar refractivity (Wildman–Crippen MR) is 94.1 cm³/mol. The van der Waals surface area contributed by atoms with E-state index in [1.165, 1.54) is 7.11 Å². The van der Waals surface area contributed by atoms with Crippen LogP contribution in [0.4, 0.5) is 5.69 Å². The number of esters is 1. The van der Waals surface area contributed by atoms with E-state index in [1.807, 2.05) is 6.07 Å². The molecule has 0 aliphatic rings. The molecule has 2 aromatic carbocycles. The molecule has 2 aromatic rings. The molecule has 0 aliphatic carbocycles. The zero-order valence-electron chi connectivity index (χ0n) is 14.4. The summed E-state index contributed by atoms with van der Waals surface area (Å²) in [7, 11) is 1.54. The maximum atomic E-state index is 12.3. The van der Waals surface area contributed by atoms with Gasteiger partial charge < -0.3 is 19.5 Å². The molecule has 25 heavy (non-hydrogen) atoms. The standard InChI is InChI=1S/C19H21NO5/c1-4-24-19(22)14-8-7-9-15(12-14)20-18(21)13(2)25-17-11-6-5-10-16(17)23-3/h5-13H,4H2,1-3H3,(H,20,21)/t13-/m0/s1. The lowest BCUT2D eigenvalue weighted by atomic mass is 10.2. The molecule has 0 bridgehead atoms. The number of benzene rings is 2. The minimum Gasteiger partial charge on any atom is -0.493 e. The fraction of sp³-hybridized carbons (Fsp3) is 0.263. The van der Waals surface area contributed by atoms with Crippen molar-refractivity contribution in [3.63, 3.8) is 0 Å². The summed E-state index contributed by atoms with van der Waals surface area (Å²) in [4.78, 5) is 24.1. The van der Waals surface area contributed by atoms with Crippen molar-refractivity contribution in [3.8, 4) is 11.5 Å². The molecule has 1 atom stereocenters. The molecule has 0 aromatic heterocycles. The van der Waals surface area contributed by atoms with Crippen molar-refractivity contribution in [2.24, 2.45) is 0 Å². The van der Waals surface area contributed by atoms with E-state index in [1.54, 1.807) is 56.3 Å². The highest BCUT2D eigenvalue weighted by atomic mass is 16.5. The van der Waals surface area contributed by atoms with Crippen LogP contribution in [0.3, 0.4) is 0 Å². The van der Waals surface area contributed by atoms with E-state index in [9.17, 15) is 9.59 Å². The molecular formula is C19H21NO5. The minimum atomic E-state index is -0.748. The molecule has 6 heteroatoms. The van der Waals surface area contributed by atoms with Crippen molar-refractivity contribution in [1.82, 2.24) is 0 Å². The number of anilines is 1. The van der Waals surface area contributed by atoms with Crippen molar-refractivity contribution in [1.29, 1.82) is 0 Å². The lowest BCUT2D eigenvalue weighted by molar-refractivity contribution is -0.122. The van der Waals surface area contributed by atoms with Crippen LogP contribution < -0.4 is 14.8 Å². The highest BCUT2D eigenvalue weighted by Gasteiger charge is 2.17. The Balaban J connectivity index is 2.04. The van der Waals surface area contributed by atoms with E-state index in [0.29, 0.717) is 29.4 Å². The number of amides is 1. The van der Waals surface area contributed by atoms with Gasteiger partial charge in [-0.25, -0.2) is 4.79 Å². The summed E-state index contributed by atoms with van der Waals surface area (Å²) in [5.41, 5.74) is 0.865. The molecule has 132 valence electrons. The first-order valence-corrected chi connectivity index (χ1v) is 7.93. The third kappa shape index (κ3) is 4.97. The third-order valence-electron chi connectivity index (χ3n) is 3.38. The van der Waals surface area contributed by atoms with E-state index in [4.69, 9.17) is 14.2 Å². The summed E-state index contributed by atoms with van der Waals surface area (Å²) < 4.78 is 15.8. The topological polar surface area (TPSA) is 73.9 Å². The molecular weight excluding hydrogens is 322 g/mol. The zero-order valence-corrected chi connectivity index (χ0v) is 14.4. The van der Waals surface area contributed by atoms with Crippen LogP contribution in [0.2, 0.25) is 0 Å². The number of carbonyl (C=O) groups is 2. The first-order chi connectivity index (χ1) is 12.0. The molecule has 0 saturated carbocycles. The van der Waals surface area contributed by atoms with Crippen LogP contribution in [0.5, 0.6) is 11.5 Å². The number of methoxy groups -OCH3 is 1. The molecule has 0 radical (unpaired) electrons. The number of hydrogen-bond acceptors (Lipinski definition) is 5. The highest BCUT2D eigenvalue weighted by Crippen LogP contribution is 2.27. The maximum absolute atomic E-state index is 12.3. The fourth-order valence-corrected chi connectivity index (χ4v) is 2.14. The van der Waals surface area contributed by atoms with E-state index in [2.05, 4.69) is 5.32 Å². The molecule has 0 saturated heterocycles. The van der Waals surface area contributed by atoms with Gasteiger partial charge in [-0.1, -0.05) is 18.2 Å². The Labute approximate surface area is 146 Å². The number of hydrogen-bond donors (Lipinski definition) is 1. The smallest absolute Gasteiger partial charge is 0.338 e. The molecule has 1 amide bonds. The van der Waals surface area contributed by atoms with Crippen LogP contribution in [-0.4, -0.2) is 31.7 Å². The molecule has 6 nitrogen and oxygen atoms in total. The van der Waals surface area contributed by atoms with Gasteiger partial charge in [-0.05, 0) is 44.2 Å². The first-order valence-electron chi connectivity index (χ1n) is 7.93. The summed E-state index contributed by atoms with van der Waals surface area (Å²) in [5.74, 6) is 0.253. The van der Waals surface area contributed by atoms with Gasteiger partial charge in [0.15, 0.2) is 17.6 Å². The molecule has 0 heterocycles. The van der Waals surface area contributed by atoms with Crippen LogP contribution in [0.15, 0.2) is 48.5 Å². The number of rotatable bonds is 7. The Morgan fingerprint density at radius 2 is 1.80 bits per heavy atom. The Kier molecular flexibility index (Phi) is 6.39. The molecule has 0 unspecified atom stereocenters. The quantitative estimate of drug-likeness (QED) is 0.781. The van der Waals surface area contributed by atoms with E-state index in [-0.39, 0.29) is 5.91 Å². The van der Waals surface area contributed by atoms with Crippen LogP contribution in [-0.2, 0) is 9.53 Å². The third-order valence-corrected chi connectivity index (χ3v) is 3.38. The molecule has 0 fully saturated rings. The average molecular weight is 343 g/mol. The molecule has 0 aliphatic heterocycles. The highest BCUT2D eigenvalue weighted by molar-refractivity contribution is 5.96. The van der Waals surface area contributed by atoms with Gasteiger partial charge in [-0.15, -0.1) is 0 Å². The zero-order chi connectivity index (χ0) is 18.2. The summed E-state index contributed by atoms with van der Waals surface area (Å²) in [5, 5.41) is 2.72. The van der Waals surface area contributed by atoms with Crippen molar-refractivity contribution in [2.75, 3.05) is 19.0 Å². The number of ether oxygens (including phenoxy) is 3. The second-order valence-electron chi connectivity index (χ2n) is 5.20. The Hall–Kier alpha value is -3.02. The van der Waals surface area contributed by atoms with Crippen LogP contribution >= 0.6 is 0 Å². The Morgan fingerprint density at radius 1 is 1.08 bits per heavy atom. The van der Waals surface area contributed by atoms with Gasteiger partial charge >= 0.3 is 5.97 Å². The fourth-order valence-electron chi connectivity index (χ4n) is 2.14. The predicted octanol–water partition coefficient (Wildman–Crippen LogP) is 3.28. The lowest BCUT2D eigenvalue weighted by Gasteiger charge is -2.16. The van der Waals surface area contributed by atoms with Crippen molar-refractivity contribution in [3.05, 3.63) is 54.1 Å². The second kappa shape index (κ2) is 8.73. The summed E-state index contributed by atoms with van der Waals surface area (Å²) in [6.45, 7) is 3.66. The van der Waals surface area contributed by atoms with Crippen LogP contribution in [0.1, 0.15) is 24.2 Å². The number of nitrogens with one attached hydrogen (secondary N) is 1. The van der Waals surface area contributed by atoms with E-state index < -0.39 is 12.1 Å². The lowest BCUT2D eigenvalue weighted by Crippen LogP contribution is -2.30. The largest absolute Gasteiger partial charge is 0.493 e. The van der Waals surface area contributed by atoms with Crippen molar-refractivity contribution >= 4 is 17.6 Å². The molecule has 0 spiro atoms. The second-order valence-corrected chi connectivity index (χ2v) is 5.20. The van der Waals surface area contributed by atoms with E-state index >= 15 is 0 Å². The number of para-hydroxylation sites is 2. The van der Waals surface area contributed by atoms with Crippen molar-refractivity contribution in [2.45, 2.75) is 20.0 Å². The summed E-state index contributed by atoms with van der Waals surface area (Å²) >= 11 is 0. The van der Waals surface area contributed by atoms with Gasteiger partial charge in [0.1, 0.15) is 0 Å². The normalized spacial score (nSPS) is 11.3. The van der Waals surface area contributed by atoms with Gasteiger partial charge in [0.25, 0.3) is 5.91 Å². The average Bonchev–Trinajstić information content (AvgIpc) is 2.62. The summed E-state index contributed by atoms with van der Waals surface area (Å²) in [6.07, 6.45) is -0.748. The van der Waals surface area contributed by atoms with Gasteiger partial charge in [-0.2, -0.15) is 0 Å². The van der Waals surface area contributed by atoms with Gasteiger partial charge in [0.2, 0.25) is 0 Å². The van der Waals surface area contributed by atoms with Gasteiger partial charge in [0, 0.05) is 5.69 Å². The molecule has 1 N–H and O–H groups in total. The molecule has 2 rings (SSSR count). The van der Waals surface area contributed by atoms with Crippen LogP contribution in [0.25, 0.3) is 0 Å². The summed E-state index contributed by atoms with van der Waals surface area (Å²) in [6, 6.07) is 13.6. The van der Waals surface area contributed by atoms with Gasteiger partial charge in [-0.3, -0.25) is 4.79 Å². The Morgan fingerprint density at radius 3 is 2.48 bits per heavy atom. The minimum absolute atomic E-state index is 0.291.